The van der Waals surface area contributed by atoms with E-state index in [-0.39, 0.29) is 18.3 Å². The molecule has 2 aliphatic heterocycles. The summed E-state index contributed by atoms with van der Waals surface area (Å²) in [6.07, 6.45) is 4.37. The highest BCUT2D eigenvalue weighted by molar-refractivity contribution is 4.92. The number of rotatable bonds is 1. The van der Waals surface area contributed by atoms with Gasteiger partial charge in [-0.1, -0.05) is 6.92 Å². The van der Waals surface area contributed by atoms with E-state index < -0.39 is 0 Å². The third-order valence-corrected chi connectivity index (χ3v) is 3.67. The third kappa shape index (κ3) is 1.81. The van der Waals surface area contributed by atoms with Gasteiger partial charge < -0.3 is 14.6 Å². The van der Waals surface area contributed by atoms with E-state index in [1.54, 1.807) is 0 Å². The summed E-state index contributed by atoms with van der Waals surface area (Å²) in [5, 5.41) is 9.14. The molecule has 3 unspecified atom stereocenters. The van der Waals surface area contributed by atoms with Crippen LogP contribution < -0.4 is 0 Å². The second kappa shape index (κ2) is 4.17. The van der Waals surface area contributed by atoms with E-state index in [9.17, 15) is 0 Å². The fraction of sp³-hybridized carbons (Fsp3) is 1.00. The Bertz CT molecular complexity index is 191. The number of ether oxygens (including phenoxy) is 2. The highest BCUT2D eigenvalue weighted by Crippen LogP contribution is 2.39. The molecule has 3 heteroatoms. The van der Waals surface area contributed by atoms with Gasteiger partial charge in [-0.25, -0.2) is 0 Å². The van der Waals surface area contributed by atoms with E-state index >= 15 is 0 Å². The first-order chi connectivity index (χ1) is 6.77. The molecule has 3 atom stereocenters. The van der Waals surface area contributed by atoms with Crippen molar-refractivity contribution in [3.8, 4) is 0 Å². The van der Waals surface area contributed by atoms with Gasteiger partial charge in [0.25, 0.3) is 0 Å². The van der Waals surface area contributed by atoms with Crippen LogP contribution in [0.25, 0.3) is 0 Å². The van der Waals surface area contributed by atoms with Gasteiger partial charge in [0.15, 0.2) is 0 Å². The van der Waals surface area contributed by atoms with Crippen LogP contribution in [0.3, 0.4) is 0 Å². The molecule has 3 nitrogen and oxygen atoms in total. The summed E-state index contributed by atoms with van der Waals surface area (Å²) in [4.78, 5) is 0. The topological polar surface area (TPSA) is 38.7 Å². The number of aliphatic hydroxyl groups is 1. The zero-order valence-electron chi connectivity index (χ0n) is 8.87. The minimum Gasteiger partial charge on any atom is -0.394 e. The van der Waals surface area contributed by atoms with Gasteiger partial charge in [-0.05, 0) is 19.3 Å². The standard InChI is InChI=1S/C11H20O3/c1-9-8-13-6-5-11(9)4-2-3-10(7-12)14-11/h9-10,12H,2-8H2,1H3. The average Bonchev–Trinajstić information content (AvgIpc) is 2.23. The molecule has 0 bridgehead atoms. The maximum Gasteiger partial charge on any atom is 0.0813 e. The molecule has 0 saturated carbocycles. The Labute approximate surface area is 85.4 Å². The second-order valence-corrected chi connectivity index (χ2v) is 4.61. The Morgan fingerprint density at radius 3 is 3.00 bits per heavy atom. The van der Waals surface area contributed by atoms with Gasteiger partial charge in [-0.15, -0.1) is 0 Å². The van der Waals surface area contributed by atoms with E-state index in [0.717, 1.165) is 32.5 Å². The number of hydrogen-bond acceptors (Lipinski definition) is 3. The molecule has 0 aromatic heterocycles. The van der Waals surface area contributed by atoms with E-state index in [4.69, 9.17) is 14.6 Å². The SMILES string of the molecule is CC1COCCC12CCCC(CO)O2. The zero-order chi connectivity index (χ0) is 10.0. The quantitative estimate of drug-likeness (QED) is 0.694. The summed E-state index contributed by atoms with van der Waals surface area (Å²) in [7, 11) is 0. The maximum absolute atomic E-state index is 9.14. The highest BCUT2D eigenvalue weighted by Gasteiger charge is 2.43. The van der Waals surface area contributed by atoms with Crippen LogP contribution in [0, 0.1) is 5.92 Å². The lowest BCUT2D eigenvalue weighted by atomic mass is 9.78. The van der Waals surface area contributed by atoms with Crippen molar-refractivity contribution in [2.24, 2.45) is 5.92 Å². The minimum atomic E-state index is 0.00387. The monoisotopic (exact) mass is 200 g/mol. The van der Waals surface area contributed by atoms with Crippen molar-refractivity contribution in [1.82, 2.24) is 0 Å². The van der Waals surface area contributed by atoms with Gasteiger partial charge in [-0.2, -0.15) is 0 Å². The van der Waals surface area contributed by atoms with Crippen LogP contribution in [0.4, 0.5) is 0 Å². The third-order valence-electron chi connectivity index (χ3n) is 3.67. The zero-order valence-corrected chi connectivity index (χ0v) is 8.87. The van der Waals surface area contributed by atoms with Crippen LogP contribution in [-0.4, -0.2) is 36.6 Å². The lowest BCUT2D eigenvalue weighted by Gasteiger charge is -2.47. The summed E-state index contributed by atoms with van der Waals surface area (Å²) < 4.78 is 11.5. The van der Waals surface area contributed by atoms with Crippen LogP contribution in [-0.2, 0) is 9.47 Å². The van der Waals surface area contributed by atoms with Gasteiger partial charge in [0, 0.05) is 18.9 Å². The van der Waals surface area contributed by atoms with Crippen LogP contribution in [0.5, 0.6) is 0 Å². The number of hydrogen-bond donors (Lipinski definition) is 1. The van der Waals surface area contributed by atoms with Gasteiger partial charge in [0.05, 0.1) is 24.9 Å². The molecule has 0 amide bonds. The molecular formula is C11H20O3. The minimum absolute atomic E-state index is 0.00387. The molecule has 14 heavy (non-hydrogen) atoms. The Hall–Kier alpha value is -0.120. The summed E-state index contributed by atoms with van der Waals surface area (Å²) in [6.45, 7) is 3.97. The summed E-state index contributed by atoms with van der Waals surface area (Å²) in [6, 6.07) is 0. The predicted molar refractivity (Wildman–Crippen MR) is 53.1 cm³/mol. The molecule has 2 aliphatic rings. The molecule has 0 aromatic rings. The van der Waals surface area contributed by atoms with Gasteiger partial charge in [-0.3, -0.25) is 0 Å². The number of aliphatic hydroxyl groups excluding tert-OH is 1. The average molecular weight is 200 g/mol. The lowest BCUT2D eigenvalue weighted by Crippen LogP contribution is -2.51. The van der Waals surface area contributed by atoms with Crippen LogP contribution in [0.1, 0.15) is 32.6 Å². The molecule has 2 saturated heterocycles. The van der Waals surface area contributed by atoms with E-state index in [1.165, 1.54) is 6.42 Å². The van der Waals surface area contributed by atoms with Gasteiger partial charge >= 0.3 is 0 Å². The molecule has 0 aliphatic carbocycles. The molecule has 2 rings (SSSR count). The van der Waals surface area contributed by atoms with Gasteiger partial charge in [0.2, 0.25) is 0 Å². The Balaban J connectivity index is 2.04. The Morgan fingerprint density at radius 2 is 2.29 bits per heavy atom. The lowest BCUT2D eigenvalue weighted by molar-refractivity contribution is -0.204. The van der Waals surface area contributed by atoms with Gasteiger partial charge in [0.1, 0.15) is 0 Å². The van der Waals surface area contributed by atoms with Crippen LogP contribution in [0.15, 0.2) is 0 Å². The second-order valence-electron chi connectivity index (χ2n) is 4.61. The maximum atomic E-state index is 9.14. The van der Waals surface area contributed by atoms with Crippen LogP contribution >= 0.6 is 0 Å². The molecule has 1 spiro atoms. The summed E-state index contributed by atoms with van der Waals surface area (Å²) in [5.74, 6) is 0.464. The molecule has 1 N–H and O–H groups in total. The van der Waals surface area contributed by atoms with Crippen molar-refractivity contribution in [3.63, 3.8) is 0 Å². The van der Waals surface area contributed by atoms with E-state index in [1.807, 2.05) is 0 Å². The van der Waals surface area contributed by atoms with Crippen LogP contribution in [0.2, 0.25) is 0 Å². The first-order valence-corrected chi connectivity index (χ1v) is 5.63. The predicted octanol–water partition coefficient (Wildman–Crippen LogP) is 1.34. The fourth-order valence-electron chi connectivity index (χ4n) is 2.66. The van der Waals surface area contributed by atoms with Crippen molar-refractivity contribution in [3.05, 3.63) is 0 Å². The molecule has 82 valence electrons. The molecule has 0 radical (unpaired) electrons. The van der Waals surface area contributed by atoms with Crippen molar-refractivity contribution >= 4 is 0 Å². The molecule has 2 fully saturated rings. The molecular weight excluding hydrogens is 180 g/mol. The molecule has 2 heterocycles. The van der Waals surface area contributed by atoms with E-state index in [2.05, 4.69) is 6.92 Å². The Morgan fingerprint density at radius 1 is 1.43 bits per heavy atom. The largest absolute Gasteiger partial charge is 0.394 e. The van der Waals surface area contributed by atoms with E-state index in [0.29, 0.717) is 5.92 Å². The first kappa shape index (κ1) is 10.4. The Kier molecular flexibility index (Phi) is 3.10. The first-order valence-electron chi connectivity index (χ1n) is 5.63. The van der Waals surface area contributed by atoms with Crippen molar-refractivity contribution < 1.29 is 14.6 Å². The molecule has 0 aromatic carbocycles. The highest BCUT2D eigenvalue weighted by atomic mass is 16.5. The smallest absolute Gasteiger partial charge is 0.0813 e. The summed E-state index contributed by atoms with van der Waals surface area (Å²) in [5.41, 5.74) is 0.00387. The van der Waals surface area contributed by atoms with Crippen molar-refractivity contribution in [2.45, 2.75) is 44.3 Å². The fourth-order valence-corrected chi connectivity index (χ4v) is 2.66. The normalized spacial score (nSPS) is 44.1. The van der Waals surface area contributed by atoms with Crippen molar-refractivity contribution in [1.29, 1.82) is 0 Å². The van der Waals surface area contributed by atoms with Crippen molar-refractivity contribution in [2.75, 3.05) is 19.8 Å². The summed E-state index contributed by atoms with van der Waals surface area (Å²) >= 11 is 0.